The van der Waals surface area contributed by atoms with E-state index in [0.29, 0.717) is 12.0 Å². The van der Waals surface area contributed by atoms with Gasteiger partial charge in [0.05, 0.1) is 18.9 Å². The predicted molar refractivity (Wildman–Crippen MR) is 122 cm³/mol. The number of phenolic OH excluding ortho intramolecular Hbond substituents is 1. The first kappa shape index (κ1) is 28.0. The van der Waals surface area contributed by atoms with E-state index < -0.39 is 72.6 Å². The number of hydrogen-bond acceptors (Lipinski definition) is 8. The minimum absolute atomic E-state index is 0.0331. The lowest BCUT2D eigenvalue weighted by Gasteiger charge is -2.29. The molecule has 0 radical (unpaired) electrons. The number of carbonyl (C=O) groups excluding carboxylic acids is 4. The number of aromatic hydroxyl groups is 1. The number of rotatable bonds is 12. The standard InChI is InChI=1S/C22H29N5O9/c23-13(8-11-3-5-12(28)6-4-11)19(32)25-14(9-17(24)29)21(34)27-7-1-2-16(27)20(33)26-15(22(35)36)10-18(30)31/h3-6,13-16,28H,1-2,7-10,23H2,(H2,24,29)(H,25,32)(H,26,33)(H,30,31)(H,35,36). The molecule has 0 aliphatic carbocycles. The summed E-state index contributed by atoms with van der Waals surface area (Å²) in [6.45, 7) is 0.0816. The predicted octanol–water partition coefficient (Wildman–Crippen LogP) is -2.34. The van der Waals surface area contributed by atoms with Crippen LogP contribution in [0, 0.1) is 0 Å². The van der Waals surface area contributed by atoms with Crippen LogP contribution in [0.15, 0.2) is 24.3 Å². The van der Waals surface area contributed by atoms with Crippen molar-refractivity contribution in [3.63, 3.8) is 0 Å². The lowest BCUT2D eigenvalue weighted by atomic mass is 10.0. The van der Waals surface area contributed by atoms with Gasteiger partial charge in [-0.15, -0.1) is 0 Å². The van der Waals surface area contributed by atoms with E-state index in [1.165, 1.54) is 12.1 Å². The van der Waals surface area contributed by atoms with Crippen LogP contribution >= 0.6 is 0 Å². The van der Waals surface area contributed by atoms with Gasteiger partial charge in [0.25, 0.3) is 0 Å². The van der Waals surface area contributed by atoms with Gasteiger partial charge in [-0.1, -0.05) is 12.1 Å². The van der Waals surface area contributed by atoms with E-state index in [0.717, 1.165) is 4.90 Å². The molecule has 4 unspecified atom stereocenters. The first-order valence-corrected chi connectivity index (χ1v) is 11.1. The first-order valence-electron chi connectivity index (χ1n) is 11.1. The SMILES string of the molecule is NC(=O)CC(NC(=O)C(N)Cc1ccc(O)cc1)C(=O)N1CCCC1C(=O)NC(CC(=O)O)C(=O)O. The first-order chi connectivity index (χ1) is 16.9. The molecule has 36 heavy (non-hydrogen) atoms. The van der Waals surface area contributed by atoms with Gasteiger partial charge in [0.15, 0.2) is 0 Å². The van der Waals surface area contributed by atoms with E-state index in [-0.39, 0.29) is 25.1 Å². The number of aliphatic carboxylic acids is 2. The Kier molecular flexibility index (Phi) is 9.73. The van der Waals surface area contributed by atoms with Crippen LogP contribution in [0.5, 0.6) is 5.75 Å². The molecule has 4 amide bonds. The average Bonchev–Trinajstić information content (AvgIpc) is 3.28. The highest BCUT2D eigenvalue weighted by Gasteiger charge is 2.39. The van der Waals surface area contributed by atoms with Crippen LogP contribution in [0.25, 0.3) is 0 Å². The van der Waals surface area contributed by atoms with Crippen LogP contribution in [0.4, 0.5) is 0 Å². The topological polar surface area (TPSA) is 242 Å². The van der Waals surface area contributed by atoms with Crippen LogP contribution in [0.1, 0.15) is 31.2 Å². The second kappa shape index (κ2) is 12.5. The summed E-state index contributed by atoms with van der Waals surface area (Å²) in [6, 6.07) is 0.601. The maximum absolute atomic E-state index is 13.2. The molecule has 1 fully saturated rings. The number of benzene rings is 1. The van der Waals surface area contributed by atoms with Gasteiger partial charge < -0.3 is 42.3 Å². The molecule has 0 saturated carbocycles. The van der Waals surface area contributed by atoms with E-state index in [2.05, 4.69) is 10.6 Å². The summed E-state index contributed by atoms with van der Waals surface area (Å²) in [6.07, 6.45) is -0.829. The fraction of sp³-hybridized carbons (Fsp3) is 0.455. The van der Waals surface area contributed by atoms with E-state index in [9.17, 15) is 33.9 Å². The Balaban J connectivity index is 2.11. The quantitative estimate of drug-likeness (QED) is 0.159. The van der Waals surface area contributed by atoms with Crippen LogP contribution in [-0.4, -0.2) is 86.5 Å². The Morgan fingerprint density at radius 1 is 1.00 bits per heavy atom. The Morgan fingerprint density at radius 3 is 2.19 bits per heavy atom. The summed E-state index contributed by atoms with van der Waals surface area (Å²) in [5.74, 6) is -6.27. The highest BCUT2D eigenvalue weighted by Crippen LogP contribution is 2.20. The third-order valence-electron chi connectivity index (χ3n) is 5.58. The van der Waals surface area contributed by atoms with Gasteiger partial charge >= 0.3 is 11.9 Å². The molecule has 1 aliphatic rings. The van der Waals surface area contributed by atoms with E-state index in [1.807, 2.05) is 0 Å². The van der Waals surface area contributed by atoms with Gasteiger partial charge in [-0.2, -0.15) is 0 Å². The summed E-state index contributed by atoms with van der Waals surface area (Å²) >= 11 is 0. The van der Waals surface area contributed by atoms with E-state index in [1.54, 1.807) is 12.1 Å². The number of hydrogen-bond donors (Lipinski definition) is 7. The number of phenols is 1. The van der Waals surface area contributed by atoms with Crippen molar-refractivity contribution in [2.24, 2.45) is 11.5 Å². The molecule has 2 rings (SSSR count). The van der Waals surface area contributed by atoms with Crippen molar-refractivity contribution in [2.45, 2.75) is 56.3 Å². The highest BCUT2D eigenvalue weighted by molar-refractivity contribution is 5.96. The number of likely N-dealkylation sites (tertiary alicyclic amines) is 1. The maximum Gasteiger partial charge on any atom is 0.326 e. The normalized spacial score (nSPS) is 17.5. The zero-order valence-corrected chi connectivity index (χ0v) is 19.3. The van der Waals surface area contributed by atoms with Crippen molar-refractivity contribution in [1.29, 1.82) is 0 Å². The second-order valence-corrected chi connectivity index (χ2v) is 8.40. The molecule has 196 valence electrons. The van der Waals surface area contributed by atoms with Crippen molar-refractivity contribution in [3.05, 3.63) is 29.8 Å². The Morgan fingerprint density at radius 2 is 1.64 bits per heavy atom. The van der Waals surface area contributed by atoms with Crippen LogP contribution in [0.3, 0.4) is 0 Å². The van der Waals surface area contributed by atoms with Crippen LogP contribution in [0.2, 0.25) is 0 Å². The molecule has 9 N–H and O–H groups in total. The summed E-state index contributed by atoms with van der Waals surface area (Å²) in [5, 5.41) is 31.9. The fourth-order valence-electron chi connectivity index (χ4n) is 3.80. The largest absolute Gasteiger partial charge is 0.508 e. The van der Waals surface area contributed by atoms with Crippen molar-refractivity contribution >= 4 is 35.6 Å². The zero-order chi connectivity index (χ0) is 27.0. The minimum Gasteiger partial charge on any atom is -0.508 e. The van der Waals surface area contributed by atoms with Gasteiger partial charge in [0.1, 0.15) is 23.9 Å². The molecule has 1 aliphatic heterocycles. The molecule has 0 spiro atoms. The van der Waals surface area contributed by atoms with Gasteiger partial charge in [0.2, 0.25) is 23.6 Å². The number of carbonyl (C=O) groups is 6. The number of amides is 4. The second-order valence-electron chi connectivity index (χ2n) is 8.40. The van der Waals surface area contributed by atoms with Crippen molar-refractivity contribution in [2.75, 3.05) is 6.54 Å². The molecule has 4 atom stereocenters. The smallest absolute Gasteiger partial charge is 0.326 e. The van der Waals surface area contributed by atoms with Gasteiger partial charge in [-0.05, 0) is 37.0 Å². The molecular formula is C22H29N5O9. The monoisotopic (exact) mass is 507 g/mol. The van der Waals surface area contributed by atoms with Crippen molar-refractivity contribution < 1.29 is 44.1 Å². The Hall–Kier alpha value is -4.20. The summed E-state index contributed by atoms with van der Waals surface area (Å²) in [4.78, 5) is 73.4. The molecule has 1 heterocycles. The Labute approximate surface area is 205 Å². The number of nitrogens with one attached hydrogen (secondary N) is 2. The van der Waals surface area contributed by atoms with Gasteiger partial charge in [-0.25, -0.2) is 4.79 Å². The molecule has 1 aromatic carbocycles. The molecule has 14 nitrogen and oxygen atoms in total. The van der Waals surface area contributed by atoms with E-state index >= 15 is 0 Å². The third-order valence-corrected chi connectivity index (χ3v) is 5.58. The zero-order valence-electron chi connectivity index (χ0n) is 19.3. The number of carboxylic acid groups (broad SMARTS) is 2. The van der Waals surface area contributed by atoms with Crippen LogP contribution in [-0.2, 0) is 35.2 Å². The number of primary amides is 1. The fourth-order valence-corrected chi connectivity index (χ4v) is 3.80. The van der Waals surface area contributed by atoms with Crippen molar-refractivity contribution in [1.82, 2.24) is 15.5 Å². The molecule has 1 aromatic rings. The molecule has 1 saturated heterocycles. The van der Waals surface area contributed by atoms with Crippen molar-refractivity contribution in [3.8, 4) is 5.75 Å². The minimum atomic E-state index is -1.70. The molecule has 0 aromatic heterocycles. The number of nitrogens with two attached hydrogens (primary N) is 2. The Bertz CT molecular complexity index is 1010. The maximum atomic E-state index is 13.2. The van der Waals surface area contributed by atoms with Gasteiger partial charge in [-0.3, -0.25) is 24.0 Å². The summed E-state index contributed by atoms with van der Waals surface area (Å²) in [5.41, 5.74) is 11.8. The summed E-state index contributed by atoms with van der Waals surface area (Å²) < 4.78 is 0. The number of nitrogens with zero attached hydrogens (tertiary/aromatic N) is 1. The van der Waals surface area contributed by atoms with Gasteiger partial charge in [0, 0.05) is 6.54 Å². The third kappa shape index (κ3) is 7.94. The molecule has 0 bridgehead atoms. The van der Waals surface area contributed by atoms with E-state index in [4.69, 9.17) is 21.7 Å². The van der Waals surface area contributed by atoms with Crippen LogP contribution < -0.4 is 22.1 Å². The summed E-state index contributed by atoms with van der Waals surface area (Å²) in [7, 11) is 0. The molecular weight excluding hydrogens is 478 g/mol. The molecule has 14 heteroatoms. The lowest BCUT2D eigenvalue weighted by molar-refractivity contribution is -0.148. The average molecular weight is 508 g/mol. The number of carboxylic acids is 2. The highest BCUT2D eigenvalue weighted by atomic mass is 16.4. The lowest BCUT2D eigenvalue weighted by Crippen LogP contribution is -2.57.